The van der Waals surface area contributed by atoms with Crippen LogP contribution in [0.3, 0.4) is 0 Å². The molecule has 17 heavy (non-hydrogen) atoms. The second kappa shape index (κ2) is 5.92. The zero-order chi connectivity index (χ0) is 13.0. The minimum absolute atomic E-state index is 0.00494. The number of rotatable bonds is 5. The SMILES string of the molecule is CC(CO)C(C)Nc1c(Br)cncc1[N+](=O)[O-]. The third kappa shape index (κ3) is 3.37. The summed E-state index contributed by atoms with van der Waals surface area (Å²) in [5.41, 5.74) is 0.300. The summed E-state index contributed by atoms with van der Waals surface area (Å²) in [6, 6.07) is -0.0857. The number of halogens is 1. The van der Waals surface area contributed by atoms with Gasteiger partial charge in [-0.25, -0.2) is 0 Å². The van der Waals surface area contributed by atoms with Crippen molar-refractivity contribution in [3.63, 3.8) is 0 Å². The maximum Gasteiger partial charge on any atom is 0.311 e. The average molecular weight is 304 g/mol. The molecule has 2 atom stereocenters. The third-order valence-electron chi connectivity index (χ3n) is 2.59. The minimum atomic E-state index is -0.490. The fraction of sp³-hybridized carbons (Fsp3) is 0.500. The van der Waals surface area contributed by atoms with Gasteiger partial charge in [-0.05, 0) is 28.8 Å². The van der Waals surface area contributed by atoms with Gasteiger partial charge in [-0.2, -0.15) is 0 Å². The Kier molecular flexibility index (Phi) is 4.83. The first-order chi connectivity index (χ1) is 7.97. The number of aromatic nitrogens is 1. The molecule has 0 saturated heterocycles. The maximum absolute atomic E-state index is 10.9. The quantitative estimate of drug-likeness (QED) is 0.643. The molecule has 2 N–H and O–H groups in total. The number of nitrogens with one attached hydrogen (secondary N) is 1. The van der Waals surface area contributed by atoms with Crippen molar-refractivity contribution in [2.75, 3.05) is 11.9 Å². The van der Waals surface area contributed by atoms with E-state index in [1.54, 1.807) is 0 Å². The molecule has 0 bridgehead atoms. The van der Waals surface area contributed by atoms with Gasteiger partial charge >= 0.3 is 5.69 Å². The van der Waals surface area contributed by atoms with Gasteiger partial charge in [0.25, 0.3) is 0 Å². The van der Waals surface area contributed by atoms with Crippen LogP contribution >= 0.6 is 15.9 Å². The van der Waals surface area contributed by atoms with Gasteiger partial charge in [0.2, 0.25) is 0 Å². The molecule has 0 spiro atoms. The molecule has 0 radical (unpaired) electrons. The molecule has 7 heteroatoms. The van der Waals surface area contributed by atoms with Gasteiger partial charge in [0.1, 0.15) is 11.9 Å². The van der Waals surface area contributed by atoms with Gasteiger partial charge in [0.15, 0.2) is 0 Å². The standard InChI is InChI=1S/C10H14BrN3O3/c1-6(5-15)7(2)13-10-8(11)3-12-4-9(10)14(16)17/h3-4,6-7,15H,5H2,1-2H3,(H,12,13). The van der Waals surface area contributed by atoms with Crippen molar-refractivity contribution < 1.29 is 10.0 Å². The molecule has 1 aromatic heterocycles. The van der Waals surface area contributed by atoms with Crippen molar-refractivity contribution in [2.45, 2.75) is 19.9 Å². The van der Waals surface area contributed by atoms with Gasteiger partial charge in [-0.15, -0.1) is 0 Å². The van der Waals surface area contributed by atoms with E-state index in [0.29, 0.717) is 10.2 Å². The third-order valence-corrected chi connectivity index (χ3v) is 3.19. The summed E-state index contributed by atoms with van der Waals surface area (Å²) in [5.74, 6) is -0.00494. The summed E-state index contributed by atoms with van der Waals surface area (Å²) in [4.78, 5) is 14.1. The summed E-state index contributed by atoms with van der Waals surface area (Å²) >= 11 is 3.22. The highest BCUT2D eigenvalue weighted by Gasteiger charge is 2.20. The summed E-state index contributed by atoms with van der Waals surface area (Å²) in [6.45, 7) is 3.74. The predicted molar refractivity (Wildman–Crippen MR) is 67.9 cm³/mol. The highest BCUT2D eigenvalue weighted by molar-refractivity contribution is 9.10. The van der Waals surface area contributed by atoms with E-state index in [0.717, 1.165) is 0 Å². The fourth-order valence-corrected chi connectivity index (χ4v) is 1.67. The molecule has 1 aromatic rings. The number of nitrogens with zero attached hydrogens (tertiary/aromatic N) is 2. The molecule has 1 rings (SSSR count). The van der Waals surface area contributed by atoms with Crippen LogP contribution in [0.2, 0.25) is 0 Å². The van der Waals surface area contributed by atoms with Crippen LogP contribution in [0.4, 0.5) is 11.4 Å². The Hall–Kier alpha value is -1.21. The van der Waals surface area contributed by atoms with E-state index < -0.39 is 4.92 Å². The number of aliphatic hydroxyl groups is 1. The number of hydrogen-bond donors (Lipinski definition) is 2. The smallest absolute Gasteiger partial charge is 0.311 e. The Labute approximate surface area is 107 Å². The van der Waals surface area contributed by atoms with Crippen molar-refractivity contribution in [3.8, 4) is 0 Å². The lowest BCUT2D eigenvalue weighted by atomic mass is 10.0. The van der Waals surface area contributed by atoms with Crippen LogP contribution in [0.25, 0.3) is 0 Å². The van der Waals surface area contributed by atoms with Crippen LogP contribution < -0.4 is 5.32 Å². The first-order valence-electron chi connectivity index (χ1n) is 5.12. The van der Waals surface area contributed by atoms with Crippen LogP contribution in [0.15, 0.2) is 16.9 Å². The Bertz CT molecular complexity index is 414. The molecular formula is C10H14BrN3O3. The summed E-state index contributed by atoms with van der Waals surface area (Å²) in [6.07, 6.45) is 2.69. The van der Waals surface area contributed by atoms with Gasteiger partial charge in [0, 0.05) is 18.8 Å². The minimum Gasteiger partial charge on any atom is -0.396 e. The zero-order valence-electron chi connectivity index (χ0n) is 9.55. The van der Waals surface area contributed by atoms with Crippen molar-refractivity contribution in [1.29, 1.82) is 0 Å². The van der Waals surface area contributed by atoms with Crippen LogP contribution in [-0.4, -0.2) is 27.7 Å². The van der Waals surface area contributed by atoms with Crippen LogP contribution in [0.1, 0.15) is 13.8 Å². The number of hydrogen-bond acceptors (Lipinski definition) is 5. The fourth-order valence-electron chi connectivity index (χ4n) is 1.23. The molecular weight excluding hydrogens is 290 g/mol. The molecule has 0 saturated carbocycles. The van der Waals surface area contributed by atoms with Crippen LogP contribution in [0, 0.1) is 16.0 Å². The highest BCUT2D eigenvalue weighted by atomic mass is 79.9. The molecule has 0 amide bonds. The second-order valence-corrected chi connectivity index (χ2v) is 4.72. The normalized spacial score (nSPS) is 14.1. The number of nitro groups is 1. The lowest BCUT2D eigenvalue weighted by molar-refractivity contribution is -0.384. The van der Waals surface area contributed by atoms with Crippen molar-refractivity contribution in [1.82, 2.24) is 4.98 Å². The topological polar surface area (TPSA) is 88.3 Å². The molecule has 1 heterocycles. The summed E-state index contributed by atoms with van der Waals surface area (Å²) in [5, 5.41) is 22.9. The van der Waals surface area contributed by atoms with Crippen molar-refractivity contribution in [3.05, 3.63) is 27.0 Å². The summed E-state index contributed by atoms with van der Waals surface area (Å²) < 4.78 is 0.531. The molecule has 6 nitrogen and oxygen atoms in total. The number of pyridine rings is 1. The average Bonchev–Trinajstić information content (AvgIpc) is 2.30. The molecule has 0 aliphatic rings. The Morgan fingerprint density at radius 1 is 1.59 bits per heavy atom. The lowest BCUT2D eigenvalue weighted by Crippen LogP contribution is -2.26. The van der Waals surface area contributed by atoms with E-state index in [9.17, 15) is 10.1 Å². The Morgan fingerprint density at radius 3 is 2.76 bits per heavy atom. The van der Waals surface area contributed by atoms with Crippen molar-refractivity contribution >= 4 is 27.3 Å². The molecule has 0 aliphatic carbocycles. The van der Waals surface area contributed by atoms with Crippen LogP contribution in [-0.2, 0) is 0 Å². The van der Waals surface area contributed by atoms with Gasteiger partial charge in [-0.3, -0.25) is 15.1 Å². The van der Waals surface area contributed by atoms with E-state index in [4.69, 9.17) is 5.11 Å². The van der Waals surface area contributed by atoms with E-state index in [2.05, 4.69) is 26.2 Å². The lowest BCUT2D eigenvalue weighted by Gasteiger charge is -2.20. The van der Waals surface area contributed by atoms with E-state index >= 15 is 0 Å². The molecule has 2 unspecified atom stereocenters. The monoisotopic (exact) mass is 303 g/mol. The number of aliphatic hydroxyl groups excluding tert-OH is 1. The largest absolute Gasteiger partial charge is 0.396 e. The molecule has 0 aromatic carbocycles. The predicted octanol–water partition coefficient (Wildman–Crippen LogP) is 2.18. The van der Waals surface area contributed by atoms with E-state index in [-0.39, 0.29) is 24.3 Å². The van der Waals surface area contributed by atoms with Gasteiger partial charge in [0.05, 0.1) is 9.40 Å². The second-order valence-electron chi connectivity index (χ2n) is 3.87. The Morgan fingerprint density at radius 2 is 2.24 bits per heavy atom. The molecule has 94 valence electrons. The first kappa shape index (κ1) is 13.9. The zero-order valence-corrected chi connectivity index (χ0v) is 11.1. The van der Waals surface area contributed by atoms with Crippen LogP contribution in [0.5, 0.6) is 0 Å². The maximum atomic E-state index is 10.9. The first-order valence-corrected chi connectivity index (χ1v) is 5.92. The van der Waals surface area contributed by atoms with Gasteiger partial charge < -0.3 is 10.4 Å². The summed E-state index contributed by atoms with van der Waals surface area (Å²) in [7, 11) is 0. The van der Waals surface area contributed by atoms with E-state index in [1.165, 1.54) is 12.4 Å². The number of anilines is 1. The van der Waals surface area contributed by atoms with E-state index in [1.807, 2.05) is 13.8 Å². The highest BCUT2D eigenvalue weighted by Crippen LogP contribution is 2.32. The molecule has 0 fully saturated rings. The van der Waals surface area contributed by atoms with Crippen molar-refractivity contribution in [2.24, 2.45) is 5.92 Å². The molecule has 0 aliphatic heterocycles. The Balaban J connectivity index is 3.00. The van der Waals surface area contributed by atoms with Gasteiger partial charge in [-0.1, -0.05) is 6.92 Å².